The van der Waals surface area contributed by atoms with Crippen molar-refractivity contribution < 1.29 is 28.9 Å². The van der Waals surface area contributed by atoms with Crippen LogP contribution in [0, 0.1) is 11.3 Å². The van der Waals surface area contributed by atoms with Gasteiger partial charge in [0.15, 0.2) is 34.6 Å². The highest BCUT2D eigenvalue weighted by Gasteiger charge is 2.60. The lowest BCUT2D eigenvalue weighted by Crippen LogP contribution is -2.55. The van der Waals surface area contributed by atoms with Crippen LogP contribution in [0.2, 0.25) is 0 Å². The lowest BCUT2D eigenvalue weighted by atomic mass is 9.50. The SMILES string of the molecule is COc1cc([C@H]2C3=CCn4c(=O)n(CCc5nc6cc(OC)c(OC)cc6n(C)c5=O)c(=O)n4[C@@H]3C[C@H]3C(=O)C(C)=C(C)C(=O)[C@@]23C)ccc1O. The monoisotopic (exact) mass is 697 g/mol. The van der Waals surface area contributed by atoms with Gasteiger partial charge in [-0.1, -0.05) is 19.1 Å². The molecule has 0 bridgehead atoms. The second-order valence-electron chi connectivity index (χ2n) is 13.6. The summed E-state index contributed by atoms with van der Waals surface area (Å²) in [4.78, 5) is 74.3. The molecular formula is C37H39N5O9. The highest BCUT2D eigenvalue weighted by Crippen LogP contribution is 2.60. The number of ketones is 2. The maximum Gasteiger partial charge on any atom is 0.347 e. The minimum absolute atomic E-state index is 0.00600. The summed E-state index contributed by atoms with van der Waals surface area (Å²) in [7, 11) is 6.04. The topological polar surface area (TPSA) is 166 Å². The molecule has 0 radical (unpaired) electrons. The molecule has 1 saturated carbocycles. The van der Waals surface area contributed by atoms with Crippen molar-refractivity contribution in [2.75, 3.05) is 21.3 Å². The Morgan fingerprint density at radius 1 is 0.922 bits per heavy atom. The molecule has 2 aromatic carbocycles. The van der Waals surface area contributed by atoms with Gasteiger partial charge in [-0.2, -0.15) is 0 Å². The van der Waals surface area contributed by atoms with Crippen LogP contribution in [0.25, 0.3) is 11.0 Å². The normalized spacial score (nSPS) is 22.7. The van der Waals surface area contributed by atoms with Gasteiger partial charge in [-0.05, 0) is 54.7 Å². The number of hydrogen-bond acceptors (Lipinski definition) is 10. The number of nitrogens with zero attached hydrogens (tertiary/aromatic N) is 5. The van der Waals surface area contributed by atoms with Crippen LogP contribution in [0.5, 0.6) is 23.0 Å². The largest absolute Gasteiger partial charge is 0.504 e. The van der Waals surface area contributed by atoms with E-state index in [9.17, 15) is 29.1 Å². The Kier molecular flexibility index (Phi) is 7.95. The number of aromatic hydroxyl groups is 1. The Bertz CT molecular complexity index is 2430. The summed E-state index contributed by atoms with van der Waals surface area (Å²) in [6.07, 6.45) is 1.99. The number of aromatic nitrogens is 5. The van der Waals surface area contributed by atoms with Crippen LogP contribution < -0.4 is 31.1 Å². The molecular weight excluding hydrogens is 658 g/mol. The van der Waals surface area contributed by atoms with Gasteiger partial charge in [-0.3, -0.25) is 14.4 Å². The molecule has 1 fully saturated rings. The second kappa shape index (κ2) is 12.0. The molecule has 0 saturated heterocycles. The Morgan fingerprint density at radius 2 is 1.61 bits per heavy atom. The van der Waals surface area contributed by atoms with Crippen molar-refractivity contribution in [2.45, 2.75) is 58.7 Å². The van der Waals surface area contributed by atoms with Crippen molar-refractivity contribution in [2.24, 2.45) is 18.4 Å². The molecule has 4 atom stereocenters. The molecule has 51 heavy (non-hydrogen) atoms. The molecule has 1 N–H and O–H groups in total. The fourth-order valence-corrected chi connectivity index (χ4v) is 8.42. The van der Waals surface area contributed by atoms with Gasteiger partial charge in [0.2, 0.25) is 0 Å². The maximum atomic E-state index is 14.2. The number of fused-ring (bicyclic) bond motifs is 5. The van der Waals surface area contributed by atoms with E-state index in [1.165, 1.54) is 41.3 Å². The van der Waals surface area contributed by atoms with E-state index in [0.29, 0.717) is 39.2 Å². The predicted octanol–water partition coefficient (Wildman–Crippen LogP) is 2.81. The van der Waals surface area contributed by atoms with Gasteiger partial charge >= 0.3 is 11.4 Å². The molecule has 7 rings (SSSR count). The van der Waals surface area contributed by atoms with E-state index >= 15 is 0 Å². The molecule has 0 spiro atoms. The third-order valence-corrected chi connectivity index (χ3v) is 11.3. The number of carbonyl (C=O) groups is 2. The first-order chi connectivity index (χ1) is 24.3. The molecule has 0 amide bonds. The maximum absolute atomic E-state index is 14.2. The number of hydrogen-bond donors (Lipinski definition) is 1. The summed E-state index contributed by atoms with van der Waals surface area (Å²) in [6.45, 7) is 5.04. The van der Waals surface area contributed by atoms with Crippen LogP contribution in [0.1, 0.15) is 50.4 Å². The van der Waals surface area contributed by atoms with Gasteiger partial charge in [0.05, 0.1) is 50.4 Å². The zero-order valence-corrected chi connectivity index (χ0v) is 29.5. The summed E-state index contributed by atoms with van der Waals surface area (Å²) in [5.74, 6) is -0.799. The smallest absolute Gasteiger partial charge is 0.347 e. The fraction of sp³-hybridized carbons (Fsp3) is 0.405. The Morgan fingerprint density at radius 3 is 2.29 bits per heavy atom. The number of Topliss-reactive ketones (excluding diaryl/α,β-unsaturated/α-hetero) is 2. The van der Waals surface area contributed by atoms with Crippen LogP contribution in [-0.4, -0.2) is 61.5 Å². The third-order valence-electron chi connectivity index (χ3n) is 11.3. The van der Waals surface area contributed by atoms with Crippen molar-refractivity contribution >= 4 is 22.6 Å². The fourth-order valence-electron chi connectivity index (χ4n) is 8.42. The van der Waals surface area contributed by atoms with Crippen molar-refractivity contribution in [3.63, 3.8) is 0 Å². The average molecular weight is 698 g/mol. The van der Waals surface area contributed by atoms with E-state index in [-0.39, 0.29) is 60.2 Å². The van der Waals surface area contributed by atoms with Crippen LogP contribution in [0.4, 0.5) is 0 Å². The molecule has 2 aliphatic carbocycles. The first-order valence-corrected chi connectivity index (χ1v) is 16.6. The molecule has 14 nitrogen and oxygen atoms in total. The van der Waals surface area contributed by atoms with Crippen molar-refractivity contribution in [1.82, 2.24) is 23.5 Å². The Balaban J connectivity index is 1.31. The van der Waals surface area contributed by atoms with Crippen LogP contribution >= 0.6 is 0 Å². The van der Waals surface area contributed by atoms with E-state index in [0.717, 1.165) is 10.1 Å². The van der Waals surface area contributed by atoms with Gasteiger partial charge in [0.25, 0.3) is 5.56 Å². The van der Waals surface area contributed by atoms with E-state index in [4.69, 9.17) is 14.2 Å². The van der Waals surface area contributed by atoms with Gasteiger partial charge in [0, 0.05) is 44.0 Å². The number of rotatable bonds is 7. The minimum atomic E-state index is -1.20. The van der Waals surface area contributed by atoms with Gasteiger partial charge < -0.3 is 23.9 Å². The standard InChI is InChI=1S/C37H39N5O9/c1-18-19(2)33(45)37(3)22(32(18)44)15-25-21(31(37)20-8-9-27(43)28(14-20)49-5)10-13-41-35(47)40(36(48)42(25)41)12-11-23-34(46)39(4)26-17-30(51-7)29(50-6)16-24(26)38-23/h8-10,14,16-17,22,25,31,43H,11-13,15H2,1-7H3/t22-,25+,31-,37+/m0/s1. The van der Waals surface area contributed by atoms with Gasteiger partial charge in [-0.25, -0.2) is 28.5 Å². The molecule has 1 aliphatic heterocycles. The van der Waals surface area contributed by atoms with Gasteiger partial charge in [-0.15, -0.1) is 0 Å². The summed E-state index contributed by atoms with van der Waals surface area (Å²) >= 11 is 0. The molecule has 2 aromatic heterocycles. The Hall–Kier alpha value is -5.66. The zero-order chi connectivity index (χ0) is 36.7. The van der Waals surface area contributed by atoms with E-state index in [2.05, 4.69) is 4.98 Å². The number of aryl methyl sites for hydroxylation is 2. The van der Waals surface area contributed by atoms with Crippen molar-refractivity contribution in [3.8, 4) is 23.0 Å². The summed E-state index contributed by atoms with van der Waals surface area (Å²) in [6, 6.07) is 7.44. The summed E-state index contributed by atoms with van der Waals surface area (Å²) in [5, 5.41) is 10.4. The molecule has 0 unspecified atom stereocenters. The number of methoxy groups -OCH3 is 3. The first kappa shape index (κ1) is 33.8. The number of benzene rings is 2. The number of phenolic OH excluding ortho intramolecular Hbond substituents is 1. The highest BCUT2D eigenvalue weighted by atomic mass is 16.5. The van der Waals surface area contributed by atoms with Crippen molar-refractivity contribution in [3.05, 3.63) is 95.7 Å². The Labute approximate surface area is 291 Å². The first-order valence-electron chi connectivity index (χ1n) is 16.6. The molecule has 3 aliphatic rings. The van der Waals surface area contributed by atoms with Crippen molar-refractivity contribution in [1.29, 1.82) is 0 Å². The van der Waals surface area contributed by atoms with Crippen LogP contribution in [-0.2, 0) is 36.1 Å². The number of carbonyl (C=O) groups excluding carboxylic acids is 2. The predicted molar refractivity (Wildman–Crippen MR) is 186 cm³/mol. The summed E-state index contributed by atoms with van der Waals surface area (Å²) < 4.78 is 21.5. The van der Waals surface area contributed by atoms with E-state index < -0.39 is 34.7 Å². The second-order valence-corrected chi connectivity index (χ2v) is 13.6. The molecule has 3 heterocycles. The van der Waals surface area contributed by atoms with Gasteiger partial charge in [0.1, 0.15) is 5.69 Å². The van der Waals surface area contributed by atoms with E-state index in [1.807, 2.05) is 6.08 Å². The van der Waals surface area contributed by atoms with Crippen LogP contribution in [0.15, 0.2) is 67.5 Å². The lowest BCUT2D eigenvalue weighted by Gasteiger charge is -2.53. The molecule has 266 valence electrons. The summed E-state index contributed by atoms with van der Waals surface area (Å²) in [5.41, 5.74) is 0.576. The number of allylic oxidation sites excluding steroid dienone is 4. The van der Waals surface area contributed by atoms with E-state index in [1.54, 1.807) is 52.1 Å². The number of ether oxygens (including phenoxy) is 3. The third kappa shape index (κ3) is 4.75. The molecule has 4 aromatic rings. The quantitative estimate of drug-likeness (QED) is 0.284. The zero-order valence-electron chi connectivity index (χ0n) is 29.5. The number of phenols is 1. The molecule has 14 heteroatoms. The minimum Gasteiger partial charge on any atom is -0.504 e. The van der Waals surface area contributed by atoms with Crippen LogP contribution in [0.3, 0.4) is 0 Å². The highest BCUT2D eigenvalue weighted by molar-refractivity contribution is 6.15. The average Bonchev–Trinajstić information content (AvgIpc) is 3.38. The lowest BCUT2D eigenvalue weighted by molar-refractivity contribution is -0.140.